The molecule has 0 aliphatic carbocycles. The third-order valence-corrected chi connectivity index (χ3v) is 5.20. The van der Waals surface area contributed by atoms with Gasteiger partial charge in [0.2, 0.25) is 0 Å². The molecule has 130 valence electrons. The van der Waals surface area contributed by atoms with Crippen molar-refractivity contribution in [1.82, 2.24) is 15.1 Å². The molecule has 1 aromatic carbocycles. The van der Waals surface area contributed by atoms with Crippen molar-refractivity contribution in [2.24, 2.45) is 11.8 Å². The summed E-state index contributed by atoms with van der Waals surface area (Å²) in [5.41, 5.74) is 1.86. The highest BCUT2D eigenvalue weighted by Crippen LogP contribution is 2.35. The molecule has 7 heteroatoms. The number of Topliss-reactive ketones (excluding diaryl/α,β-unsaturated/α-hetero) is 1. The van der Waals surface area contributed by atoms with Crippen LogP contribution in [0.25, 0.3) is 10.9 Å². The van der Waals surface area contributed by atoms with E-state index in [9.17, 15) is 4.79 Å². The molecule has 3 fully saturated rings. The van der Waals surface area contributed by atoms with Crippen LogP contribution in [0.15, 0.2) is 18.2 Å². The van der Waals surface area contributed by atoms with Gasteiger partial charge in [-0.2, -0.15) is 10.4 Å². The molecule has 2 bridgehead atoms. The van der Waals surface area contributed by atoms with Crippen molar-refractivity contribution in [3.05, 3.63) is 29.5 Å². The van der Waals surface area contributed by atoms with Crippen molar-refractivity contribution < 1.29 is 14.7 Å². The summed E-state index contributed by atoms with van der Waals surface area (Å²) in [7, 11) is 0. The molecule has 4 heterocycles. The number of rotatable bonds is 3. The molecular weight excluding hydrogens is 320 g/mol. The van der Waals surface area contributed by atoms with Crippen molar-refractivity contribution in [3.8, 4) is 6.07 Å². The summed E-state index contributed by atoms with van der Waals surface area (Å²) < 4.78 is 0. The number of ketones is 1. The maximum atomic E-state index is 12.7. The number of nitriles is 1. The summed E-state index contributed by atoms with van der Waals surface area (Å²) in [6.07, 6.45) is 3.04. The lowest BCUT2D eigenvalue weighted by molar-refractivity contribution is -0.122. The lowest BCUT2D eigenvalue weighted by Gasteiger charge is -2.44. The third-order valence-electron chi connectivity index (χ3n) is 5.20. The highest BCUT2D eigenvalue weighted by molar-refractivity contribution is 6.06. The molecule has 3 saturated heterocycles. The monoisotopic (exact) mass is 340 g/mol. The minimum absolute atomic E-state index is 0.120. The van der Waals surface area contributed by atoms with E-state index in [-0.39, 0.29) is 12.3 Å². The fraction of sp³-hybridized carbons (Fsp3) is 0.444. The number of aromatic amines is 1. The summed E-state index contributed by atoms with van der Waals surface area (Å²) in [6, 6.07) is 7.41. The Morgan fingerprint density at radius 1 is 1.44 bits per heavy atom. The zero-order valence-electron chi connectivity index (χ0n) is 13.8. The van der Waals surface area contributed by atoms with Crippen molar-refractivity contribution in [2.75, 3.05) is 19.6 Å². The standard InChI is InChI=1S/C17H18N4O.CH2O2/c18-9-11-1-2-14-15(7-11)19-20-17(14)16(22)8-13-10-21-5-3-12(13)4-6-21;2-1-3/h1-2,7,12-13H,3-6,8,10H2,(H,19,20);1H,(H,2,3)/t13-;/m0./s1. The first kappa shape index (κ1) is 17.1. The maximum Gasteiger partial charge on any atom is 0.290 e. The molecule has 2 aromatic rings. The highest BCUT2D eigenvalue weighted by Gasteiger charge is 2.35. The van der Waals surface area contributed by atoms with Gasteiger partial charge < -0.3 is 10.0 Å². The minimum atomic E-state index is -0.250. The first-order chi connectivity index (χ1) is 12.2. The summed E-state index contributed by atoms with van der Waals surface area (Å²) in [6.45, 7) is 3.19. The molecule has 0 radical (unpaired) electrons. The van der Waals surface area contributed by atoms with Crippen LogP contribution in [-0.4, -0.2) is 52.1 Å². The lowest BCUT2D eigenvalue weighted by Crippen LogP contribution is -2.47. The van der Waals surface area contributed by atoms with Crippen LogP contribution in [0.2, 0.25) is 0 Å². The van der Waals surface area contributed by atoms with E-state index in [0.29, 0.717) is 29.5 Å². The number of benzene rings is 1. The normalized spacial score (nSPS) is 24.2. The Hall–Kier alpha value is -2.72. The number of carbonyl (C=O) groups is 2. The predicted molar refractivity (Wildman–Crippen MR) is 91.1 cm³/mol. The van der Waals surface area contributed by atoms with Crippen LogP contribution >= 0.6 is 0 Å². The molecule has 5 rings (SSSR count). The number of hydrogen-bond donors (Lipinski definition) is 2. The fourth-order valence-electron chi connectivity index (χ4n) is 3.96. The summed E-state index contributed by atoms with van der Waals surface area (Å²) in [5, 5.41) is 23.7. The van der Waals surface area contributed by atoms with Gasteiger partial charge in [-0.05, 0) is 56.0 Å². The Bertz CT molecular complexity index is 815. The Kier molecular flexibility index (Phi) is 5.10. The van der Waals surface area contributed by atoms with Gasteiger partial charge >= 0.3 is 0 Å². The van der Waals surface area contributed by atoms with E-state index in [0.717, 1.165) is 17.4 Å². The number of fused-ring (bicyclic) bond motifs is 4. The third kappa shape index (κ3) is 3.54. The molecular formula is C18H20N4O3. The molecule has 1 atom stereocenters. The van der Waals surface area contributed by atoms with E-state index >= 15 is 0 Å². The van der Waals surface area contributed by atoms with Gasteiger partial charge in [0.05, 0.1) is 17.1 Å². The van der Waals surface area contributed by atoms with Crippen molar-refractivity contribution >= 4 is 23.2 Å². The molecule has 0 unspecified atom stereocenters. The molecule has 25 heavy (non-hydrogen) atoms. The number of nitrogens with zero attached hydrogens (tertiary/aromatic N) is 3. The number of piperidine rings is 3. The van der Waals surface area contributed by atoms with Crippen LogP contribution < -0.4 is 0 Å². The van der Waals surface area contributed by atoms with Crippen LogP contribution in [0, 0.1) is 23.2 Å². The molecule has 3 aliphatic rings. The maximum absolute atomic E-state index is 12.7. The zero-order valence-corrected chi connectivity index (χ0v) is 13.8. The van der Waals surface area contributed by atoms with E-state index < -0.39 is 0 Å². The number of carboxylic acid groups (broad SMARTS) is 1. The Morgan fingerprint density at radius 2 is 2.16 bits per heavy atom. The number of aromatic nitrogens is 2. The van der Waals surface area contributed by atoms with Crippen LogP contribution in [0.5, 0.6) is 0 Å². The topological polar surface area (TPSA) is 110 Å². The first-order valence-corrected chi connectivity index (χ1v) is 8.38. The molecule has 0 saturated carbocycles. The minimum Gasteiger partial charge on any atom is -0.483 e. The number of H-pyrrole nitrogens is 1. The van der Waals surface area contributed by atoms with E-state index in [2.05, 4.69) is 21.2 Å². The van der Waals surface area contributed by atoms with Crippen LogP contribution in [0.1, 0.15) is 35.3 Å². The largest absolute Gasteiger partial charge is 0.483 e. The molecule has 0 spiro atoms. The van der Waals surface area contributed by atoms with E-state index in [1.165, 1.54) is 25.9 Å². The van der Waals surface area contributed by atoms with Crippen molar-refractivity contribution in [3.63, 3.8) is 0 Å². The molecule has 0 amide bonds. The Labute approximate surface area is 145 Å². The zero-order chi connectivity index (χ0) is 17.8. The SMILES string of the molecule is N#Cc1ccc2c(C(=O)C[C@H]3CN4CCC3CC4)n[nH]c2c1.O=CO. The van der Waals surface area contributed by atoms with Gasteiger partial charge in [0, 0.05) is 18.4 Å². The summed E-state index contributed by atoms with van der Waals surface area (Å²) in [4.78, 5) is 23.5. The van der Waals surface area contributed by atoms with E-state index in [1.807, 2.05) is 6.07 Å². The Morgan fingerprint density at radius 3 is 2.76 bits per heavy atom. The van der Waals surface area contributed by atoms with Gasteiger partial charge in [0.25, 0.3) is 6.47 Å². The van der Waals surface area contributed by atoms with Gasteiger partial charge in [-0.25, -0.2) is 0 Å². The highest BCUT2D eigenvalue weighted by atomic mass is 16.3. The number of carbonyl (C=O) groups excluding carboxylic acids is 1. The van der Waals surface area contributed by atoms with Gasteiger partial charge in [0.15, 0.2) is 5.78 Å². The average molecular weight is 340 g/mol. The molecule has 2 N–H and O–H groups in total. The second-order valence-electron chi connectivity index (χ2n) is 6.58. The number of hydrogen-bond acceptors (Lipinski definition) is 5. The quantitative estimate of drug-likeness (QED) is 0.653. The number of nitrogens with one attached hydrogen (secondary N) is 1. The fourth-order valence-corrected chi connectivity index (χ4v) is 3.96. The summed E-state index contributed by atoms with van der Waals surface area (Å²) >= 11 is 0. The van der Waals surface area contributed by atoms with Gasteiger partial charge in [-0.1, -0.05) is 0 Å². The van der Waals surface area contributed by atoms with E-state index in [4.69, 9.17) is 15.2 Å². The van der Waals surface area contributed by atoms with Crippen molar-refractivity contribution in [2.45, 2.75) is 19.3 Å². The van der Waals surface area contributed by atoms with Crippen LogP contribution in [-0.2, 0) is 4.79 Å². The van der Waals surface area contributed by atoms with Crippen LogP contribution in [0.4, 0.5) is 0 Å². The molecule has 7 nitrogen and oxygen atoms in total. The predicted octanol–water partition coefficient (Wildman–Crippen LogP) is 2.05. The second-order valence-corrected chi connectivity index (χ2v) is 6.58. The van der Waals surface area contributed by atoms with Gasteiger partial charge in [-0.3, -0.25) is 14.7 Å². The van der Waals surface area contributed by atoms with E-state index in [1.54, 1.807) is 12.1 Å². The average Bonchev–Trinajstić information content (AvgIpc) is 3.06. The van der Waals surface area contributed by atoms with Crippen molar-refractivity contribution in [1.29, 1.82) is 5.26 Å². The lowest BCUT2D eigenvalue weighted by atomic mass is 9.76. The first-order valence-electron chi connectivity index (χ1n) is 8.38. The molecule has 1 aromatic heterocycles. The van der Waals surface area contributed by atoms with Gasteiger partial charge in [0.1, 0.15) is 5.69 Å². The smallest absolute Gasteiger partial charge is 0.290 e. The molecule has 3 aliphatic heterocycles. The second kappa shape index (κ2) is 7.45. The Balaban J connectivity index is 0.000000569. The van der Waals surface area contributed by atoms with Gasteiger partial charge in [-0.15, -0.1) is 0 Å². The summed E-state index contributed by atoms with van der Waals surface area (Å²) in [5.74, 6) is 1.29. The van der Waals surface area contributed by atoms with Crippen LogP contribution in [0.3, 0.4) is 0 Å².